The minimum Gasteiger partial charge on any atom is -0.490 e. The van der Waals surface area contributed by atoms with Crippen molar-refractivity contribution in [3.05, 3.63) is 22.6 Å². The molecule has 2 aliphatic heterocycles. The first-order chi connectivity index (χ1) is 10.6. The molecule has 0 saturated heterocycles. The lowest BCUT2D eigenvalue weighted by Gasteiger charge is -2.13. The van der Waals surface area contributed by atoms with Crippen LogP contribution in [0.15, 0.2) is 4.52 Å². The molecule has 2 N–H and O–H groups in total. The van der Waals surface area contributed by atoms with Crippen LogP contribution in [0.1, 0.15) is 36.4 Å². The van der Waals surface area contributed by atoms with Gasteiger partial charge >= 0.3 is 0 Å². The van der Waals surface area contributed by atoms with Gasteiger partial charge in [0.15, 0.2) is 0 Å². The predicted molar refractivity (Wildman–Crippen MR) is 80.0 cm³/mol. The lowest BCUT2D eigenvalue weighted by Crippen LogP contribution is -2.07. The second kappa shape index (κ2) is 4.71. The van der Waals surface area contributed by atoms with Crippen molar-refractivity contribution < 1.29 is 14.0 Å². The molecule has 3 heterocycles. The molecule has 2 aliphatic rings. The van der Waals surface area contributed by atoms with E-state index in [-0.39, 0.29) is 18.8 Å². The minimum absolute atomic E-state index is 0.147. The molecule has 2 atom stereocenters. The molecule has 6 heteroatoms. The molecule has 6 nitrogen and oxygen atoms in total. The molecule has 2 unspecified atom stereocenters. The topological polar surface area (TPSA) is 83.4 Å². The molecule has 22 heavy (non-hydrogen) atoms. The summed E-state index contributed by atoms with van der Waals surface area (Å²) in [5.41, 5.74) is 9.97. The molecule has 0 bridgehead atoms. The first-order valence-electron chi connectivity index (χ1n) is 7.63. The van der Waals surface area contributed by atoms with Crippen LogP contribution in [0.5, 0.6) is 11.5 Å². The van der Waals surface area contributed by atoms with Crippen molar-refractivity contribution in [2.75, 3.05) is 0 Å². The normalized spacial score (nSPS) is 22.2. The highest BCUT2D eigenvalue weighted by Gasteiger charge is 2.36. The zero-order valence-electron chi connectivity index (χ0n) is 13.0. The molecule has 116 valence electrons. The number of ether oxygens (including phenoxy) is 2. The molecule has 0 spiro atoms. The maximum atomic E-state index is 6.07. The second-order valence-corrected chi connectivity index (χ2v) is 6.10. The highest BCUT2D eigenvalue weighted by molar-refractivity contribution is 5.77. The fraction of sp³-hybridized carbons (Fsp3) is 0.500. The molecule has 4 rings (SSSR count). The Morgan fingerprint density at radius 1 is 1.09 bits per heavy atom. The van der Waals surface area contributed by atoms with E-state index in [1.54, 1.807) is 0 Å². The van der Waals surface area contributed by atoms with E-state index in [4.69, 9.17) is 19.7 Å². The standard InChI is InChI=1S/C16H19N3O3/c1-7-4-10-9(3)14-11(5-8(2)20-14)13(15(10)21-7)16-18-12(6-17)22-19-16/h7-8H,4-6,17H2,1-3H3. The van der Waals surface area contributed by atoms with Crippen molar-refractivity contribution >= 4 is 0 Å². The van der Waals surface area contributed by atoms with Crippen molar-refractivity contribution in [2.24, 2.45) is 5.73 Å². The van der Waals surface area contributed by atoms with E-state index in [9.17, 15) is 0 Å². The maximum absolute atomic E-state index is 6.07. The fourth-order valence-electron chi connectivity index (χ4n) is 3.40. The van der Waals surface area contributed by atoms with Crippen LogP contribution in [-0.2, 0) is 19.4 Å². The Balaban J connectivity index is 1.97. The lowest BCUT2D eigenvalue weighted by molar-refractivity contribution is 0.252. The first kappa shape index (κ1) is 13.6. The Morgan fingerprint density at radius 3 is 2.45 bits per heavy atom. The van der Waals surface area contributed by atoms with Gasteiger partial charge in [0.2, 0.25) is 11.7 Å². The summed E-state index contributed by atoms with van der Waals surface area (Å²) in [6.45, 7) is 6.47. The molecular weight excluding hydrogens is 282 g/mol. The van der Waals surface area contributed by atoms with E-state index in [2.05, 4.69) is 30.9 Å². The van der Waals surface area contributed by atoms with E-state index in [1.165, 1.54) is 11.1 Å². The summed E-state index contributed by atoms with van der Waals surface area (Å²) < 4.78 is 17.3. The van der Waals surface area contributed by atoms with Gasteiger partial charge in [-0.1, -0.05) is 5.16 Å². The maximum Gasteiger partial charge on any atom is 0.240 e. The molecule has 0 aliphatic carbocycles. The summed E-state index contributed by atoms with van der Waals surface area (Å²) >= 11 is 0. The molecule has 1 aromatic carbocycles. The fourth-order valence-corrected chi connectivity index (χ4v) is 3.40. The summed E-state index contributed by atoms with van der Waals surface area (Å²) in [6.07, 6.45) is 1.99. The van der Waals surface area contributed by atoms with Gasteiger partial charge in [0, 0.05) is 24.0 Å². The molecular formula is C16H19N3O3. The highest BCUT2D eigenvalue weighted by Crippen LogP contribution is 2.49. The smallest absolute Gasteiger partial charge is 0.240 e. The van der Waals surface area contributed by atoms with Gasteiger partial charge in [-0.05, 0) is 26.3 Å². The number of nitrogens with two attached hydrogens (primary N) is 1. The number of rotatable bonds is 2. The molecule has 2 aromatic rings. The number of aromatic nitrogens is 2. The number of fused-ring (bicyclic) bond motifs is 2. The average molecular weight is 301 g/mol. The molecule has 0 fully saturated rings. The lowest BCUT2D eigenvalue weighted by atomic mass is 9.93. The van der Waals surface area contributed by atoms with Crippen LogP contribution in [0.2, 0.25) is 0 Å². The van der Waals surface area contributed by atoms with Gasteiger partial charge in [-0.3, -0.25) is 0 Å². The molecule has 0 saturated carbocycles. The zero-order valence-corrected chi connectivity index (χ0v) is 13.0. The van der Waals surface area contributed by atoms with E-state index >= 15 is 0 Å². The molecule has 0 amide bonds. The molecule has 1 aromatic heterocycles. The zero-order chi connectivity index (χ0) is 15.4. The summed E-state index contributed by atoms with van der Waals surface area (Å²) in [4.78, 5) is 4.40. The van der Waals surface area contributed by atoms with Gasteiger partial charge in [0.25, 0.3) is 0 Å². The largest absolute Gasteiger partial charge is 0.490 e. The number of benzene rings is 1. The van der Waals surface area contributed by atoms with Crippen molar-refractivity contribution in [2.45, 2.75) is 52.4 Å². The van der Waals surface area contributed by atoms with E-state index in [1.807, 2.05) is 0 Å². The minimum atomic E-state index is 0.147. The summed E-state index contributed by atoms with van der Waals surface area (Å²) in [5.74, 6) is 2.81. The number of nitrogens with zero attached hydrogens (tertiary/aromatic N) is 2. The van der Waals surface area contributed by atoms with Crippen molar-refractivity contribution in [1.82, 2.24) is 10.1 Å². The van der Waals surface area contributed by atoms with Crippen LogP contribution < -0.4 is 15.2 Å². The third-order valence-electron chi connectivity index (χ3n) is 4.36. The van der Waals surface area contributed by atoms with Crippen LogP contribution >= 0.6 is 0 Å². The van der Waals surface area contributed by atoms with Crippen molar-refractivity contribution in [3.63, 3.8) is 0 Å². The van der Waals surface area contributed by atoms with Gasteiger partial charge in [-0.15, -0.1) is 0 Å². The van der Waals surface area contributed by atoms with E-state index in [0.29, 0.717) is 11.7 Å². The molecule has 0 radical (unpaired) electrons. The predicted octanol–water partition coefficient (Wildman–Crippen LogP) is 2.15. The summed E-state index contributed by atoms with van der Waals surface area (Å²) in [7, 11) is 0. The third-order valence-corrected chi connectivity index (χ3v) is 4.36. The van der Waals surface area contributed by atoms with Gasteiger partial charge < -0.3 is 19.7 Å². The third kappa shape index (κ3) is 1.83. The summed E-state index contributed by atoms with van der Waals surface area (Å²) in [6, 6.07) is 0. The highest BCUT2D eigenvalue weighted by atomic mass is 16.5. The van der Waals surface area contributed by atoms with Crippen LogP contribution in [0.3, 0.4) is 0 Å². The van der Waals surface area contributed by atoms with Gasteiger partial charge in [-0.25, -0.2) is 0 Å². The number of hydrogen-bond acceptors (Lipinski definition) is 6. The SMILES string of the molecule is Cc1c2c(c(-c3noc(CN)n3)c3c1OC(C)C3)OC(C)C2. The van der Waals surface area contributed by atoms with Gasteiger partial charge in [0.1, 0.15) is 23.7 Å². The monoisotopic (exact) mass is 301 g/mol. The van der Waals surface area contributed by atoms with Crippen molar-refractivity contribution in [1.29, 1.82) is 0 Å². The van der Waals surface area contributed by atoms with Crippen LogP contribution in [0.4, 0.5) is 0 Å². The summed E-state index contributed by atoms with van der Waals surface area (Å²) in [5, 5.41) is 4.09. The Morgan fingerprint density at radius 2 is 1.77 bits per heavy atom. The number of hydrogen-bond donors (Lipinski definition) is 1. The Hall–Kier alpha value is -2.08. The van der Waals surface area contributed by atoms with Crippen LogP contribution in [0, 0.1) is 6.92 Å². The van der Waals surface area contributed by atoms with Crippen LogP contribution in [-0.4, -0.2) is 22.3 Å². The van der Waals surface area contributed by atoms with Gasteiger partial charge in [-0.2, -0.15) is 4.98 Å². The first-order valence-corrected chi connectivity index (χ1v) is 7.63. The average Bonchev–Trinajstić information content (AvgIpc) is 3.17. The van der Waals surface area contributed by atoms with Gasteiger partial charge in [0.05, 0.1) is 12.1 Å². The second-order valence-electron chi connectivity index (χ2n) is 6.10. The Labute approximate surface area is 128 Å². The van der Waals surface area contributed by atoms with Crippen LogP contribution in [0.25, 0.3) is 11.4 Å². The van der Waals surface area contributed by atoms with E-state index in [0.717, 1.165) is 35.5 Å². The Bertz CT molecular complexity index is 714. The van der Waals surface area contributed by atoms with E-state index < -0.39 is 0 Å². The van der Waals surface area contributed by atoms with Crippen molar-refractivity contribution in [3.8, 4) is 22.9 Å². The quantitative estimate of drug-likeness (QED) is 0.915. The Kier molecular flexibility index (Phi) is 2.91.